The molecule has 88 valence electrons. The van der Waals surface area contributed by atoms with Gasteiger partial charge in [0.25, 0.3) is 0 Å². The third-order valence-corrected chi connectivity index (χ3v) is 2.87. The zero-order valence-electron chi connectivity index (χ0n) is 9.24. The number of amides is 1. The van der Waals surface area contributed by atoms with Gasteiger partial charge in [-0.3, -0.25) is 4.79 Å². The van der Waals surface area contributed by atoms with Crippen molar-refractivity contribution in [1.82, 2.24) is 5.32 Å². The van der Waals surface area contributed by atoms with E-state index in [-0.39, 0.29) is 18.1 Å². The number of hydrogen-bond acceptors (Lipinski definition) is 3. The second-order valence-corrected chi connectivity index (χ2v) is 4.33. The highest BCUT2D eigenvalue weighted by Crippen LogP contribution is 2.18. The van der Waals surface area contributed by atoms with Gasteiger partial charge in [0.15, 0.2) is 0 Å². The molecule has 0 heterocycles. The number of nitrogens with one attached hydrogen (secondary N) is 1. The summed E-state index contributed by atoms with van der Waals surface area (Å²) in [6.45, 7) is 0.648. The number of aliphatic hydroxyl groups excluding tert-OH is 1. The molecule has 1 aliphatic carbocycles. The molecule has 1 aliphatic rings. The van der Waals surface area contributed by atoms with Crippen molar-refractivity contribution in [1.29, 1.82) is 0 Å². The summed E-state index contributed by atoms with van der Waals surface area (Å²) in [4.78, 5) is 11.5. The molecule has 0 aromatic rings. The molecular weight excluding hydrogens is 192 g/mol. The molecule has 4 N–H and O–H groups in total. The normalized spacial score (nSPS) is 26.3. The van der Waals surface area contributed by atoms with E-state index in [0.29, 0.717) is 19.4 Å². The minimum Gasteiger partial charge on any atom is -0.393 e. The molecule has 2 unspecified atom stereocenters. The molecule has 0 spiro atoms. The number of carbonyl (C=O) groups excluding carboxylic acids is 1. The maximum Gasteiger partial charge on any atom is 0.220 e. The van der Waals surface area contributed by atoms with Crippen molar-refractivity contribution in [2.24, 2.45) is 5.73 Å². The van der Waals surface area contributed by atoms with Gasteiger partial charge in [-0.15, -0.1) is 0 Å². The van der Waals surface area contributed by atoms with Crippen LogP contribution in [-0.2, 0) is 4.79 Å². The Kier molecular flexibility index (Phi) is 5.65. The van der Waals surface area contributed by atoms with Crippen molar-refractivity contribution < 1.29 is 9.90 Å². The van der Waals surface area contributed by atoms with Gasteiger partial charge in [0.05, 0.1) is 6.10 Å². The molecule has 4 nitrogen and oxygen atoms in total. The number of unbranched alkanes of at least 4 members (excludes halogenated alkanes) is 1. The first kappa shape index (κ1) is 12.5. The van der Waals surface area contributed by atoms with Gasteiger partial charge in [0, 0.05) is 12.5 Å². The van der Waals surface area contributed by atoms with Gasteiger partial charge in [0.1, 0.15) is 0 Å². The van der Waals surface area contributed by atoms with Crippen LogP contribution in [0.4, 0.5) is 0 Å². The summed E-state index contributed by atoms with van der Waals surface area (Å²) in [5.74, 6) is 0.0996. The molecule has 2 atom stereocenters. The third-order valence-electron chi connectivity index (χ3n) is 2.87. The lowest BCUT2D eigenvalue weighted by atomic mass is 9.93. The Morgan fingerprint density at radius 3 is 2.87 bits per heavy atom. The van der Waals surface area contributed by atoms with Gasteiger partial charge in [-0.1, -0.05) is 0 Å². The smallest absolute Gasteiger partial charge is 0.220 e. The van der Waals surface area contributed by atoms with Gasteiger partial charge < -0.3 is 16.2 Å². The highest BCUT2D eigenvalue weighted by molar-refractivity contribution is 5.76. The van der Waals surface area contributed by atoms with E-state index in [0.717, 1.165) is 32.1 Å². The molecule has 1 amide bonds. The molecule has 0 saturated heterocycles. The average Bonchev–Trinajstić information content (AvgIpc) is 2.18. The third kappa shape index (κ3) is 5.14. The monoisotopic (exact) mass is 214 g/mol. The van der Waals surface area contributed by atoms with Gasteiger partial charge in [-0.2, -0.15) is 0 Å². The Morgan fingerprint density at radius 1 is 1.40 bits per heavy atom. The van der Waals surface area contributed by atoms with E-state index in [9.17, 15) is 9.90 Å². The first-order valence-corrected chi connectivity index (χ1v) is 5.90. The minimum atomic E-state index is -0.229. The Morgan fingerprint density at radius 2 is 2.20 bits per heavy atom. The minimum absolute atomic E-state index is 0.0996. The molecule has 1 rings (SSSR count). The summed E-state index contributed by atoms with van der Waals surface area (Å²) in [5, 5.41) is 12.4. The summed E-state index contributed by atoms with van der Waals surface area (Å²) in [6.07, 6.45) is 5.69. The fraction of sp³-hybridized carbons (Fsp3) is 0.909. The van der Waals surface area contributed by atoms with E-state index in [4.69, 9.17) is 5.73 Å². The van der Waals surface area contributed by atoms with Crippen LogP contribution in [-0.4, -0.2) is 29.7 Å². The quantitative estimate of drug-likeness (QED) is 0.584. The van der Waals surface area contributed by atoms with Crippen LogP contribution in [0.25, 0.3) is 0 Å². The van der Waals surface area contributed by atoms with Crippen molar-refractivity contribution >= 4 is 5.91 Å². The van der Waals surface area contributed by atoms with Crippen molar-refractivity contribution in [3.8, 4) is 0 Å². The summed E-state index contributed by atoms with van der Waals surface area (Å²) >= 11 is 0. The lowest BCUT2D eigenvalue weighted by molar-refractivity contribution is -0.122. The van der Waals surface area contributed by atoms with Crippen LogP contribution in [0.2, 0.25) is 0 Å². The molecule has 0 aromatic carbocycles. The Balaban J connectivity index is 2.13. The second kappa shape index (κ2) is 6.80. The van der Waals surface area contributed by atoms with Crippen molar-refractivity contribution in [2.45, 2.75) is 57.1 Å². The Labute approximate surface area is 91.2 Å². The Bertz CT molecular complexity index is 197. The lowest BCUT2D eigenvalue weighted by Crippen LogP contribution is -2.39. The van der Waals surface area contributed by atoms with Crippen LogP contribution < -0.4 is 11.1 Å². The molecule has 0 radical (unpaired) electrons. The summed E-state index contributed by atoms with van der Waals surface area (Å²) in [7, 11) is 0. The fourth-order valence-corrected chi connectivity index (χ4v) is 2.02. The van der Waals surface area contributed by atoms with E-state index < -0.39 is 0 Å². The predicted octanol–water partition coefficient (Wildman–Crippen LogP) is 0.535. The van der Waals surface area contributed by atoms with Crippen LogP contribution in [0, 0.1) is 0 Å². The first-order valence-electron chi connectivity index (χ1n) is 5.90. The highest BCUT2D eigenvalue weighted by atomic mass is 16.3. The lowest BCUT2D eigenvalue weighted by Gasteiger charge is -2.26. The molecule has 1 saturated carbocycles. The standard InChI is InChI=1S/C11H22N2O2/c12-7-2-1-6-11(15)13-9-4-3-5-10(14)8-9/h9-10,14H,1-8,12H2,(H,13,15). The molecule has 0 aromatic heterocycles. The van der Waals surface area contributed by atoms with Crippen LogP contribution in [0.5, 0.6) is 0 Å². The summed E-state index contributed by atoms with van der Waals surface area (Å²) in [5.41, 5.74) is 5.35. The molecule has 1 fully saturated rings. The SMILES string of the molecule is NCCCCC(=O)NC1CCCC(O)C1. The summed E-state index contributed by atoms with van der Waals surface area (Å²) < 4.78 is 0. The fourth-order valence-electron chi connectivity index (χ4n) is 2.02. The number of carbonyl (C=O) groups is 1. The van der Waals surface area contributed by atoms with E-state index >= 15 is 0 Å². The largest absolute Gasteiger partial charge is 0.393 e. The number of aliphatic hydroxyl groups is 1. The number of hydrogen-bond donors (Lipinski definition) is 3. The number of nitrogens with two attached hydrogens (primary N) is 1. The highest BCUT2D eigenvalue weighted by Gasteiger charge is 2.21. The van der Waals surface area contributed by atoms with Crippen LogP contribution in [0.3, 0.4) is 0 Å². The maximum absolute atomic E-state index is 11.5. The van der Waals surface area contributed by atoms with Gasteiger partial charge in [0.2, 0.25) is 5.91 Å². The van der Waals surface area contributed by atoms with Gasteiger partial charge >= 0.3 is 0 Å². The second-order valence-electron chi connectivity index (χ2n) is 4.33. The molecule has 4 heteroatoms. The summed E-state index contributed by atoms with van der Waals surface area (Å²) in [6, 6.07) is 0.180. The topological polar surface area (TPSA) is 75.4 Å². The maximum atomic E-state index is 11.5. The van der Waals surface area contributed by atoms with Crippen LogP contribution in [0.1, 0.15) is 44.9 Å². The zero-order chi connectivity index (χ0) is 11.1. The molecular formula is C11H22N2O2. The Hall–Kier alpha value is -0.610. The number of rotatable bonds is 5. The van der Waals surface area contributed by atoms with E-state index in [1.165, 1.54) is 0 Å². The molecule has 0 aliphatic heterocycles. The molecule has 15 heavy (non-hydrogen) atoms. The van der Waals surface area contributed by atoms with E-state index in [1.54, 1.807) is 0 Å². The van der Waals surface area contributed by atoms with Crippen LogP contribution in [0.15, 0.2) is 0 Å². The van der Waals surface area contributed by atoms with E-state index in [1.807, 2.05) is 0 Å². The van der Waals surface area contributed by atoms with Crippen molar-refractivity contribution in [3.05, 3.63) is 0 Å². The van der Waals surface area contributed by atoms with E-state index in [2.05, 4.69) is 5.32 Å². The first-order chi connectivity index (χ1) is 7.22. The van der Waals surface area contributed by atoms with Crippen LogP contribution >= 0.6 is 0 Å². The predicted molar refractivity (Wildman–Crippen MR) is 59.3 cm³/mol. The zero-order valence-corrected chi connectivity index (χ0v) is 9.24. The molecule has 0 bridgehead atoms. The van der Waals surface area contributed by atoms with Crippen molar-refractivity contribution in [3.63, 3.8) is 0 Å². The van der Waals surface area contributed by atoms with Crippen molar-refractivity contribution in [2.75, 3.05) is 6.54 Å². The average molecular weight is 214 g/mol. The van der Waals surface area contributed by atoms with Gasteiger partial charge in [-0.25, -0.2) is 0 Å². The van der Waals surface area contributed by atoms with Gasteiger partial charge in [-0.05, 0) is 45.1 Å².